The van der Waals surface area contributed by atoms with Crippen molar-refractivity contribution in [2.24, 2.45) is 0 Å². The summed E-state index contributed by atoms with van der Waals surface area (Å²) >= 11 is 0. The van der Waals surface area contributed by atoms with Crippen LogP contribution in [-0.4, -0.2) is 23.1 Å². The molecule has 0 unspecified atom stereocenters. The Hall–Kier alpha value is -2.29. The third kappa shape index (κ3) is 110. The number of nitrogens with zero attached hydrogens (tertiary/aromatic N) is 6. The smallest absolute Gasteiger partial charge is 1.00 e. The Balaban J connectivity index is -0.00000000396. The van der Waals surface area contributed by atoms with Gasteiger partial charge >= 0.3 is 23.1 Å². The van der Waals surface area contributed by atoms with E-state index in [9.17, 15) is 0 Å². The number of nitriles is 6. The summed E-state index contributed by atoms with van der Waals surface area (Å²) in [6.45, 7) is 21.0. The maximum atomic E-state index is 6.50. The first kappa shape index (κ1) is 73.4. The van der Waals surface area contributed by atoms with Crippen molar-refractivity contribution < 1.29 is 2.85 Å². The predicted molar refractivity (Wildman–Crippen MR) is 48.0 cm³/mol. The summed E-state index contributed by atoms with van der Waals surface area (Å²) in [6, 6.07) is 0. The molecule has 0 spiro atoms. The molecule has 0 N–H and O–H groups in total. The third-order valence-electron chi connectivity index (χ3n) is 0. The molecule has 0 radical (unpaired) electrons. The molecule has 0 amide bonds. The third-order valence-corrected chi connectivity index (χ3v) is 0. The topological polar surface area (TPSA) is 143 Å². The second kappa shape index (κ2) is 140. The van der Waals surface area contributed by atoms with Gasteiger partial charge in [0.05, 0.1) is 0 Å². The molecule has 0 aliphatic heterocycles. The van der Waals surface area contributed by atoms with Crippen LogP contribution in [0.4, 0.5) is 0 Å². The van der Waals surface area contributed by atoms with E-state index in [1.54, 1.807) is 0 Å². The van der Waals surface area contributed by atoms with Crippen molar-refractivity contribution in [2.45, 2.75) is 0 Å². The fourth-order valence-electron chi connectivity index (χ4n) is 0. The summed E-state index contributed by atoms with van der Waals surface area (Å²) in [4.78, 5) is 0. The largest absolute Gasteiger partial charge is 2.00 e. The van der Waals surface area contributed by atoms with E-state index in [1.807, 2.05) is 0 Å². The van der Waals surface area contributed by atoms with Crippen molar-refractivity contribution in [3.05, 3.63) is 0 Å². The van der Waals surface area contributed by atoms with Crippen molar-refractivity contribution in [1.29, 1.82) is 31.6 Å². The summed E-state index contributed by atoms with van der Waals surface area (Å²) in [5, 5.41) is 39.0. The molecule has 7 heteroatoms. The van der Waals surface area contributed by atoms with E-state index in [2.05, 4.69) is 39.4 Å². The second-order valence-electron chi connectivity index (χ2n) is 0. The number of hydrogen-bond acceptors (Lipinski definition) is 6. The van der Waals surface area contributed by atoms with Crippen LogP contribution in [0.25, 0.3) is 0 Å². The first-order valence-corrected chi connectivity index (χ1v) is 1.55. The average molecular weight is 188 g/mol. The molecule has 0 heterocycles. The van der Waals surface area contributed by atoms with Crippen LogP contribution in [0.3, 0.4) is 0 Å². The Labute approximate surface area is 97.2 Å². The van der Waals surface area contributed by atoms with Gasteiger partial charge in [0.1, 0.15) is 0 Å². The molecule has 0 aromatic heterocycles. The zero-order valence-corrected chi connectivity index (χ0v) is 8.27. The van der Waals surface area contributed by atoms with Crippen molar-refractivity contribution >= 4 is 23.1 Å². The van der Waals surface area contributed by atoms with Gasteiger partial charge in [0.25, 0.3) is 0 Å². The molecule has 6 nitrogen and oxygen atoms in total. The van der Waals surface area contributed by atoms with Gasteiger partial charge in [0, 0.05) is 39.4 Å². The molecular weight excluding hydrogens is 180 g/mol. The molecule has 0 aromatic rings. The molecule has 0 aromatic carbocycles. The van der Waals surface area contributed by atoms with E-state index >= 15 is 0 Å². The van der Waals surface area contributed by atoms with Gasteiger partial charge in [0.15, 0.2) is 0 Å². The normalized spacial score (nSPS) is 0.923. The molecule has 0 aliphatic carbocycles. The monoisotopic (exact) mass is 188 g/mol. The van der Waals surface area contributed by atoms with Gasteiger partial charge < -0.3 is 2.85 Å². The van der Waals surface area contributed by atoms with Crippen molar-refractivity contribution in [3.63, 3.8) is 0 Å². The van der Waals surface area contributed by atoms with Crippen LogP contribution >= 0.6 is 0 Å². The van der Waals surface area contributed by atoms with Gasteiger partial charge in [-0.1, -0.05) is 0 Å². The van der Waals surface area contributed by atoms with Gasteiger partial charge in [-0.25, -0.2) is 31.6 Å². The average Bonchev–Trinajstić information content (AvgIpc) is 2.33. The van der Waals surface area contributed by atoms with Crippen LogP contribution in [0.2, 0.25) is 0 Å². The van der Waals surface area contributed by atoms with Crippen LogP contribution in [0.15, 0.2) is 0 Å². The van der Waals surface area contributed by atoms with Crippen LogP contribution in [0.5, 0.6) is 0 Å². The van der Waals surface area contributed by atoms with Crippen molar-refractivity contribution in [1.82, 2.24) is 0 Å². The fraction of sp³-hybridized carbons (Fsp3) is 0. The minimum atomic E-state index is 0. The Kier molecular flexibility index (Phi) is 790. The summed E-state index contributed by atoms with van der Waals surface area (Å²) < 4.78 is 0. The Morgan fingerprint density at radius 2 is 0.385 bits per heavy atom. The molecule has 13 heavy (non-hydrogen) atoms. The Bertz CT molecular complexity index is 101. The first-order valence-electron chi connectivity index (χ1n) is 1.55. The van der Waals surface area contributed by atoms with E-state index in [0.29, 0.717) is 0 Å². The summed E-state index contributed by atoms with van der Waals surface area (Å²) in [7, 11) is 0. The molecule has 0 saturated carbocycles. The minimum absolute atomic E-state index is 0. The van der Waals surface area contributed by atoms with E-state index in [0.717, 1.165) is 0 Å². The van der Waals surface area contributed by atoms with Crippen LogP contribution < -0.4 is 0 Å². The molecule has 0 rings (SSSR count). The second-order valence-corrected chi connectivity index (χ2v) is 0. The molecular formula is C6H8MgN6. The van der Waals surface area contributed by atoms with Gasteiger partial charge in [0.2, 0.25) is 0 Å². The van der Waals surface area contributed by atoms with E-state index < -0.39 is 0 Å². The number of rotatable bonds is 0. The van der Waals surface area contributed by atoms with Crippen LogP contribution in [0.1, 0.15) is 2.85 Å². The summed E-state index contributed by atoms with van der Waals surface area (Å²) in [6.07, 6.45) is 0. The molecule has 64 valence electrons. The van der Waals surface area contributed by atoms with Gasteiger partial charge in [-0.3, -0.25) is 0 Å². The van der Waals surface area contributed by atoms with Gasteiger partial charge in [-0.05, 0) is 0 Å². The minimum Gasteiger partial charge on any atom is -1.00 e. The summed E-state index contributed by atoms with van der Waals surface area (Å²) in [5.41, 5.74) is 0. The number of hydrogen-bond donors (Lipinski definition) is 0. The molecule has 0 atom stereocenters. The molecule has 0 bridgehead atoms. The maximum Gasteiger partial charge on any atom is 2.00 e. The fourth-order valence-corrected chi connectivity index (χ4v) is 0. The van der Waals surface area contributed by atoms with Crippen LogP contribution in [-0.2, 0) is 0 Å². The zero-order chi connectivity index (χ0) is 12.0. The van der Waals surface area contributed by atoms with E-state index in [-0.39, 0.29) is 25.9 Å². The molecule has 0 aliphatic rings. The summed E-state index contributed by atoms with van der Waals surface area (Å²) in [5.74, 6) is 0. The molecule has 0 saturated heterocycles. The van der Waals surface area contributed by atoms with Gasteiger partial charge in [-0.2, -0.15) is 0 Å². The van der Waals surface area contributed by atoms with Crippen LogP contribution in [0, 0.1) is 71.0 Å². The zero-order valence-electron chi connectivity index (χ0n) is 8.85. The Morgan fingerprint density at radius 1 is 0.385 bits per heavy atom. The first-order chi connectivity index (χ1) is 6.00. The van der Waals surface area contributed by atoms with Crippen molar-refractivity contribution in [2.75, 3.05) is 0 Å². The quantitative estimate of drug-likeness (QED) is 0.511. The van der Waals surface area contributed by atoms with Gasteiger partial charge in [-0.15, -0.1) is 0 Å². The van der Waals surface area contributed by atoms with E-state index in [4.69, 9.17) is 31.6 Å². The Morgan fingerprint density at radius 3 is 0.385 bits per heavy atom. The molecule has 0 fully saturated rings. The standard InChI is InChI=1S/6CHN.Mg.2H/c6*1-2;;;/h6*1H;;;/q;;;;;;+2;2*-1. The predicted octanol–water partition coefficient (Wildman–Crippen LogP) is 0.683. The van der Waals surface area contributed by atoms with E-state index in [1.165, 1.54) is 0 Å². The maximum absolute atomic E-state index is 6.50. The van der Waals surface area contributed by atoms with Crippen molar-refractivity contribution in [3.8, 4) is 39.4 Å². The SMILES string of the molecule is C#N.C#N.C#N.C#N.C#N.C#N.[H-].[H-].[Mg+2].